The molecule has 2 N–H and O–H groups in total. The number of thioether (sulfide) groups is 1. The van der Waals surface area contributed by atoms with E-state index in [2.05, 4.69) is 5.32 Å². The SMILES string of the molecule is O=C(O)/C=C/c1ccc(F)c(C(=O)NC2CCCSC2)c1. The molecule has 6 heteroatoms. The minimum atomic E-state index is -1.09. The first-order chi connectivity index (χ1) is 10.1. The molecule has 1 amide bonds. The second kappa shape index (κ2) is 7.26. The second-order valence-corrected chi connectivity index (χ2v) is 5.95. The van der Waals surface area contributed by atoms with E-state index in [1.54, 1.807) is 11.8 Å². The molecule has 1 saturated heterocycles. The summed E-state index contributed by atoms with van der Waals surface area (Å²) in [6, 6.07) is 4.03. The number of carboxylic acids is 1. The number of carboxylic acid groups (broad SMARTS) is 1. The fraction of sp³-hybridized carbons (Fsp3) is 0.333. The predicted molar refractivity (Wildman–Crippen MR) is 80.9 cm³/mol. The molecule has 1 aliphatic rings. The van der Waals surface area contributed by atoms with Gasteiger partial charge in [-0.2, -0.15) is 11.8 Å². The Labute approximate surface area is 126 Å². The molecule has 1 aliphatic heterocycles. The van der Waals surface area contributed by atoms with E-state index in [1.807, 2.05) is 0 Å². The number of halogens is 1. The highest BCUT2D eigenvalue weighted by Crippen LogP contribution is 2.18. The molecule has 1 fully saturated rings. The summed E-state index contributed by atoms with van der Waals surface area (Å²) in [6.07, 6.45) is 4.22. The van der Waals surface area contributed by atoms with Gasteiger partial charge in [-0.3, -0.25) is 4.79 Å². The highest BCUT2D eigenvalue weighted by atomic mass is 32.2. The lowest BCUT2D eigenvalue weighted by atomic mass is 10.1. The van der Waals surface area contributed by atoms with Crippen LogP contribution in [0.2, 0.25) is 0 Å². The van der Waals surface area contributed by atoms with Gasteiger partial charge in [-0.1, -0.05) is 6.07 Å². The van der Waals surface area contributed by atoms with Gasteiger partial charge in [-0.05, 0) is 42.4 Å². The lowest BCUT2D eigenvalue weighted by molar-refractivity contribution is -0.131. The van der Waals surface area contributed by atoms with Gasteiger partial charge in [0.05, 0.1) is 5.56 Å². The molecular formula is C15H16FNO3S. The van der Waals surface area contributed by atoms with Crippen molar-refractivity contribution in [3.05, 3.63) is 41.2 Å². The third kappa shape index (κ3) is 4.60. The van der Waals surface area contributed by atoms with Crippen LogP contribution >= 0.6 is 11.8 Å². The van der Waals surface area contributed by atoms with Crippen molar-refractivity contribution < 1.29 is 19.1 Å². The van der Waals surface area contributed by atoms with Crippen molar-refractivity contribution >= 4 is 29.7 Å². The second-order valence-electron chi connectivity index (χ2n) is 4.80. The average Bonchev–Trinajstić information content (AvgIpc) is 2.47. The van der Waals surface area contributed by atoms with Crippen LogP contribution in [0.4, 0.5) is 4.39 Å². The molecule has 1 unspecified atom stereocenters. The number of rotatable bonds is 4. The highest BCUT2D eigenvalue weighted by molar-refractivity contribution is 7.99. The van der Waals surface area contributed by atoms with E-state index in [4.69, 9.17) is 5.11 Å². The van der Waals surface area contributed by atoms with Crippen molar-refractivity contribution in [3.63, 3.8) is 0 Å². The van der Waals surface area contributed by atoms with Gasteiger partial charge in [-0.25, -0.2) is 9.18 Å². The first kappa shape index (κ1) is 15.6. The summed E-state index contributed by atoms with van der Waals surface area (Å²) in [5.74, 6) is -0.221. The number of nitrogens with one attached hydrogen (secondary N) is 1. The lowest BCUT2D eigenvalue weighted by Crippen LogP contribution is -2.38. The Kier molecular flexibility index (Phi) is 5.38. The van der Waals surface area contributed by atoms with Crippen LogP contribution in [0.3, 0.4) is 0 Å². The van der Waals surface area contributed by atoms with Crippen LogP contribution in [0.25, 0.3) is 6.08 Å². The summed E-state index contributed by atoms with van der Waals surface area (Å²) in [7, 11) is 0. The molecule has 21 heavy (non-hydrogen) atoms. The number of hydrogen-bond acceptors (Lipinski definition) is 3. The summed E-state index contributed by atoms with van der Waals surface area (Å²) in [5.41, 5.74) is 0.417. The van der Waals surface area contributed by atoms with Crippen LogP contribution in [0, 0.1) is 5.82 Å². The maximum atomic E-state index is 13.8. The van der Waals surface area contributed by atoms with E-state index in [-0.39, 0.29) is 11.6 Å². The van der Waals surface area contributed by atoms with Gasteiger partial charge in [0.2, 0.25) is 0 Å². The Morgan fingerprint density at radius 2 is 2.24 bits per heavy atom. The van der Waals surface area contributed by atoms with Crippen LogP contribution in [0.5, 0.6) is 0 Å². The zero-order valence-electron chi connectivity index (χ0n) is 11.3. The van der Waals surface area contributed by atoms with E-state index >= 15 is 0 Å². The molecule has 4 nitrogen and oxygen atoms in total. The average molecular weight is 309 g/mol. The summed E-state index contributed by atoms with van der Waals surface area (Å²) < 4.78 is 13.8. The fourth-order valence-electron chi connectivity index (χ4n) is 2.11. The van der Waals surface area contributed by atoms with Gasteiger partial charge >= 0.3 is 5.97 Å². The fourth-order valence-corrected chi connectivity index (χ4v) is 3.18. The molecule has 0 aromatic heterocycles. The van der Waals surface area contributed by atoms with Crippen molar-refractivity contribution in [3.8, 4) is 0 Å². The standard InChI is InChI=1S/C15H16FNO3S/c16-13-5-3-10(4-6-14(18)19)8-12(13)15(20)17-11-2-1-7-21-9-11/h3-6,8,11H,1-2,7,9H2,(H,17,20)(H,18,19)/b6-4+. The normalized spacial score (nSPS) is 18.6. The number of benzene rings is 1. The van der Waals surface area contributed by atoms with Crippen molar-refractivity contribution in [2.75, 3.05) is 11.5 Å². The monoisotopic (exact) mass is 309 g/mol. The third-order valence-electron chi connectivity index (χ3n) is 3.15. The number of carbonyl (C=O) groups excluding carboxylic acids is 1. The van der Waals surface area contributed by atoms with Gasteiger partial charge in [0.15, 0.2) is 0 Å². The van der Waals surface area contributed by atoms with Crippen molar-refractivity contribution in [1.82, 2.24) is 5.32 Å². The Morgan fingerprint density at radius 3 is 2.90 bits per heavy atom. The quantitative estimate of drug-likeness (QED) is 0.839. The van der Waals surface area contributed by atoms with Crippen LogP contribution in [-0.4, -0.2) is 34.5 Å². The third-order valence-corrected chi connectivity index (χ3v) is 4.36. The van der Waals surface area contributed by atoms with Crippen LogP contribution < -0.4 is 5.32 Å². The molecule has 0 radical (unpaired) electrons. The zero-order chi connectivity index (χ0) is 15.2. The molecule has 0 aliphatic carbocycles. The van der Waals surface area contributed by atoms with E-state index in [0.29, 0.717) is 5.56 Å². The number of aliphatic carboxylic acids is 1. The van der Waals surface area contributed by atoms with Gasteiger partial charge in [0, 0.05) is 17.9 Å². The molecule has 1 aromatic carbocycles. The maximum absolute atomic E-state index is 13.8. The Bertz CT molecular complexity index is 568. The zero-order valence-corrected chi connectivity index (χ0v) is 12.2. The largest absolute Gasteiger partial charge is 0.478 e. The smallest absolute Gasteiger partial charge is 0.328 e. The van der Waals surface area contributed by atoms with Gasteiger partial charge in [-0.15, -0.1) is 0 Å². The van der Waals surface area contributed by atoms with Crippen molar-refractivity contribution in [2.24, 2.45) is 0 Å². The number of amides is 1. The Morgan fingerprint density at radius 1 is 1.43 bits per heavy atom. The van der Waals surface area contributed by atoms with E-state index in [9.17, 15) is 14.0 Å². The maximum Gasteiger partial charge on any atom is 0.328 e. The molecule has 112 valence electrons. The molecule has 2 rings (SSSR count). The van der Waals surface area contributed by atoms with E-state index in [0.717, 1.165) is 30.4 Å². The van der Waals surface area contributed by atoms with Crippen molar-refractivity contribution in [2.45, 2.75) is 18.9 Å². The molecular weight excluding hydrogens is 293 g/mol. The van der Waals surface area contributed by atoms with Gasteiger partial charge in [0.1, 0.15) is 5.82 Å². The minimum Gasteiger partial charge on any atom is -0.478 e. The lowest BCUT2D eigenvalue weighted by Gasteiger charge is -2.22. The van der Waals surface area contributed by atoms with Crippen LogP contribution in [-0.2, 0) is 4.79 Å². The Balaban J connectivity index is 2.11. The molecule has 0 spiro atoms. The summed E-state index contributed by atoms with van der Waals surface area (Å²) >= 11 is 1.77. The molecule has 0 saturated carbocycles. The summed E-state index contributed by atoms with van der Waals surface area (Å²) in [5, 5.41) is 11.4. The topological polar surface area (TPSA) is 66.4 Å². The highest BCUT2D eigenvalue weighted by Gasteiger charge is 2.19. The first-order valence-electron chi connectivity index (χ1n) is 6.65. The summed E-state index contributed by atoms with van der Waals surface area (Å²) in [4.78, 5) is 22.6. The van der Waals surface area contributed by atoms with Crippen molar-refractivity contribution in [1.29, 1.82) is 0 Å². The van der Waals surface area contributed by atoms with E-state index in [1.165, 1.54) is 24.3 Å². The number of hydrogen-bond donors (Lipinski definition) is 2. The molecule has 1 atom stereocenters. The van der Waals surface area contributed by atoms with Crippen LogP contribution in [0.1, 0.15) is 28.8 Å². The molecule has 1 heterocycles. The van der Waals surface area contributed by atoms with Gasteiger partial charge in [0.25, 0.3) is 5.91 Å². The minimum absolute atomic E-state index is 0.0573. The summed E-state index contributed by atoms with van der Waals surface area (Å²) in [6.45, 7) is 0. The van der Waals surface area contributed by atoms with E-state index < -0.39 is 17.7 Å². The van der Waals surface area contributed by atoms with Crippen LogP contribution in [0.15, 0.2) is 24.3 Å². The predicted octanol–water partition coefficient (Wildman–Crippen LogP) is 2.55. The molecule has 0 bridgehead atoms. The first-order valence-corrected chi connectivity index (χ1v) is 7.81. The number of carbonyl (C=O) groups is 2. The van der Waals surface area contributed by atoms with Gasteiger partial charge < -0.3 is 10.4 Å². The Hall–Kier alpha value is -1.82. The molecule has 1 aromatic rings.